The first-order chi connectivity index (χ1) is 16.0. The van der Waals surface area contributed by atoms with E-state index in [9.17, 15) is 22.8 Å². The third kappa shape index (κ3) is 6.80. The highest BCUT2D eigenvalue weighted by Crippen LogP contribution is 2.22. The summed E-state index contributed by atoms with van der Waals surface area (Å²) in [6.45, 7) is 2.73. The monoisotopic (exact) mass is 489 g/mol. The van der Waals surface area contributed by atoms with E-state index < -0.39 is 28.5 Å². The number of anilines is 1. The Morgan fingerprint density at radius 1 is 1.09 bits per heavy atom. The number of carbonyl (C=O) groups is 3. The second-order valence-electron chi connectivity index (χ2n) is 7.78. The van der Waals surface area contributed by atoms with Gasteiger partial charge in [0.1, 0.15) is 18.3 Å². The van der Waals surface area contributed by atoms with Gasteiger partial charge < -0.3 is 15.0 Å². The average molecular weight is 490 g/mol. The van der Waals surface area contributed by atoms with E-state index in [1.807, 2.05) is 0 Å². The number of likely N-dealkylation sites (N-methyl/N-ethyl adjacent to an activating group) is 1. The van der Waals surface area contributed by atoms with E-state index in [0.29, 0.717) is 17.7 Å². The summed E-state index contributed by atoms with van der Waals surface area (Å²) in [6, 6.07) is 12.3. The van der Waals surface area contributed by atoms with Crippen LogP contribution >= 0.6 is 0 Å². The van der Waals surface area contributed by atoms with E-state index in [0.717, 1.165) is 16.1 Å². The molecule has 1 N–H and O–H groups in total. The number of carbonyl (C=O) groups excluding carboxylic acids is 3. The molecule has 2 aromatic carbocycles. The van der Waals surface area contributed by atoms with Crippen LogP contribution in [0.1, 0.15) is 36.2 Å². The second-order valence-corrected chi connectivity index (χ2v) is 9.69. The minimum absolute atomic E-state index is 0.0971. The Morgan fingerprint density at radius 2 is 1.74 bits per heavy atom. The van der Waals surface area contributed by atoms with Gasteiger partial charge in [-0.15, -0.1) is 0 Å². The zero-order valence-electron chi connectivity index (χ0n) is 20.1. The molecule has 0 saturated heterocycles. The quantitative estimate of drug-likeness (QED) is 0.484. The van der Waals surface area contributed by atoms with Crippen molar-refractivity contribution in [2.24, 2.45) is 0 Å². The van der Waals surface area contributed by atoms with Crippen molar-refractivity contribution in [2.45, 2.75) is 32.9 Å². The Kier molecular flexibility index (Phi) is 9.19. The van der Waals surface area contributed by atoms with Crippen LogP contribution in [0.25, 0.3) is 0 Å². The molecule has 2 rings (SSSR count). The molecule has 0 bridgehead atoms. The summed E-state index contributed by atoms with van der Waals surface area (Å²) in [7, 11) is -0.842. The zero-order chi connectivity index (χ0) is 25.5. The Labute approximate surface area is 200 Å². The van der Waals surface area contributed by atoms with Crippen molar-refractivity contribution in [3.8, 4) is 5.75 Å². The number of hydrogen-bond acceptors (Lipinski definition) is 6. The zero-order valence-corrected chi connectivity index (χ0v) is 20.9. The molecule has 0 radical (unpaired) electrons. The number of Topliss-reactive ketones (excluding diaryl/α,β-unsaturated/α-hetero) is 1. The maximum absolute atomic E-state index is 13.5. The van der Waals surface area contributed by atoms with Gasteiger partial charge in [-0.1, -0.05) is 31.2 Å². The first-order valence-corrected chi connectivity index (χ1v) is 12.6. The van der Waals surface area contributed by atoms with Crippen LogP contribution in [0.2, 0.25) is 0 Å². The van der Waals surface area contributed by atoms with Crippen molar-refractivity contribution in [1.29, 1.82) is 0 Å². The van der Waals surface area contributed by atoms with E-state index >= 15 is 0 Å². The highest BCUT2D eigenvalue weighted by Gasteiger charge is 2.31. The number of rotatable bonds is 11. The van der Waals surface area contributed by atoms with Crippen LogP contribution in [-0.2, 0) is 26.2 Å². The van der Waals surface area contributed by atoms with E-state index in [4.69, 9.17) is 4.74 Å². The average Bonchev–Trinajstić information content (AvgIpc) is 2.81. The van der Waals surface area contributed by atoms with Gasteiger partial charge in [-0.2, -0.15) is 0 Å². The summed E-state index contributed by atoms with van der Waals surface area (Å²) in [4.78, 5) is 39.2. The first kappa shape index (κ1) is 26.8. The van der Waals surface area contributed by atoms with Crippen LogP contribution in [0.15, 0.2) is 48.5 Å². The Hall–Kier alpha value is -3.40. The first-order valence-electron chi connectivity index (χ1n) is 10.7. The van der Waals surface area contributed by atoms with Crippen LogP contribution in [0.5, 0.6) is 5.75 Å². The summed E-state index contributed by atoms with van der Waals surface area (Å²) in [5.41, 5.74) is 1.27. The molecular weight excluding hydrogens is 458 g/mol. The van der Waals surface area contributed by atoms with Crippen LogP contribution in [0.3, 0.4) is 0 Å². The number of hydrogen-bond donors (Lipinski definition) is 1. The third-order valence-corrected chi connectivity index (χ3v) is 6.50. The van der Waals surface area contributed by atoms with Gasteiger partial charge in [0.25, 0.3) is 0 Å². The molecule has 34 heavy (non-hydrogen) atoms. The van der Waals surface area contributed by atoms with Gasteiger partial charge in [0.05, 0.1) is 19.1 Å². The fourth-order valence-corrected chi connectivity index (χ4v) is 4.35. The molecular formula is C24H31N3O6S. The van der Waals surface area contributed by atoms with Crippen molar-refractivity contribution in [2.75, 3.05) is 31.3 Å². The summed E-state index contributed by atoms with van der Waals surface area (Å²) >= 11 is 0. The molecule has 2 amide bonds. The lowest BCUT2D eigenvalue weighted by molar-refractivity contribution is -0.140. The van der Waals surface area contributed by atoms with Gasteiger partial charge in [-0.3, -0.25) is 18.7 Å². The number of ketones is 1. The molecule has 0 fully saturated rings. The fourth-order valence-electron chi connectivity index (χ4n) is 3.51. The molecule has 0 saturated carbocycles. The third-order valence-electron chi connectivity index (χ3n) is 5.36. The van der Waals surface area contributed by atoms with Crippen LogP contribution in [-0.4, -0.2) is 63.9 Å². The summed E-state index contributed by atoms with van der Waals surface area (Å²) in [5, 5.41) is 2.57. The lowest BCUT2D eigenvalue weighted by Gasteiger charge is -2.32. The number of benzene rings is 2. The molecule has 0 aromatic heterocycles. The summed E-state index contributed by atoms with van der Waals surface area (Å²) < 4.78 is 31.3. The minimum Gasteiger partial charge on any atom is -0.497 e. The van der Waals surface area contributed by atoms with Gasteiger partial charge in [0.2, 0.25) is 21.8 Å². The number of ether oxygens (including phenoxy) is 1. The molecule has 0 aliphatic rings. The molecule has 184 valence electrons. The van der Waals surface area contributed by atoms with E-state index in [2.05, 4.69) is 5.32 Å². The molecule has 0 heterocycles. The molecule has 9 nitrogen and oxygen atoms in total. The van der Waals surface area contributed by atoms with Crippen molar-refractivity contribution >= 4 is 33.3 Å². The molecule has 2 aromatic rings. The number of sulfonamides is 1. The number of methoxy groups -OCH3 is 1. The highest BCUT2D eigenvalue weighted by atomic mass is 32.2. The predicted molar refractivity (Wildman–Crippen MR) is 130 cm³/mol. The summed E-state index contributed by atoms with van der Waals surface area (Å²) in [5.74, 6) is -0.485. The number of nitrogens with zero attached hydrogens (tertiary/aromatic N) is 2. The molecule has 0 aliphatic heterocycles. The van der Waals surface area contributed by atoms with Gasteiger partial charge in [0, 0.05) is 19.2 Å². The SMILES string of the molecule is CC[C@H](C(=O)NC)N(Cc1ccc(OC)cc1)C(=O)CN(c1cccc(C(C)=O)c1)S(C)(=O)=O. The molecule has 1 atom stereocenters. The Morgan fingerprint density at radius 3 is 2.24 bits per heavy atom. The van der Waals surface area contributed by atoms with Gasteiger partial charge in [-0.05, 0) is 43.2 Å². The standard InChI is InChI=1S/C24H31N3O6S/c1-6-22(24(30)25-3)26(15-18-10-12-21(33-4)13-11-18)23(29)16-27(34(5,31)32)20-9-7-8-19(14-20)17(2)28/h7-14,22H,6,15-16H2,1-5H3,(H,25,30)/t22-/m1/s1. The lowest BCUT2D eigenvalue weighted by Crippen LogP contribution is -2.51. The van der Waals surface area contributed by atoms with Gasteiger partial charge in [-0.25, -0.2) is 8.42 Å². The van der Waals surface area contributed by atoms with Crippen molar-refractivity contribution in [1.82, 2.24) is 10.2 Å². The molecule has 0 unspecified atom stereocenters. The van der Waals surface area contributed by atoms with E-state index in [1.54, 1.807) is 50.4 Å². The molecule has 10 heteroatoms. The smallest absolute Gasteiger partial charge is 0.244 e. The topological polar surface area (TPSA) is 113 Å². The van der Waals surface area contributed by atoms with Crippen LogP contribution < -0.4 is 14.4 Å². The predicted octanol–water partition coefficient (Wildman–Crippen LogP) is 2.22. The van der Waals surface area contributed by atoms with Crippen LogP contribution in [0, 0.1) is 0 Å². The number of nitrogens with one attached hydrogen (secondary N) is 1. The maximum atomic E-state index is 13.5. The van der Waals surface area contributed by atoms with Crippen molar-refractivity contribution < 1.29 is 27.5 Å². The maximum Gasteiger partial charge on any atom is 0.244 e. The fraction of sp³-hybridized carbons (Fsp3) is 0.375. The summed E-state index contributed by atoms with van der Waals surface area (Å²) in [6.07, 6.45) is 1.32. The highest BCUT2D eigenvalue weighted by molar-refractivity contribution is 7.92. The van der Waals surface area contributed by atoms with E-state index in [-0.39, 0.29) is 23.9 Å². The van der Waals surface area contributed by atoms with Gasteiger partial charge in [0.15, 0.2) is 5.78 Å². The van der Waals surface area contributed by atoms with Gasteiger partial charge >= 0.3 is 0 Å². The van der Waals surface area contributed by atoms with Crippen molar-refractivity contribution in [3.05, 3.63) is 59.7 Å². The molecule has 0 spiro atoms. The number of amides is 2. The molecule has 0 aliphatic carbocycles. The van der Waals surface area contributed by atoms with Crippen molar-refractivity contribution in [3.63, 3.8) is 0 Å². The Balaban J connectivity index is 2.45. The normalized spacial score (nSPS) is 11.9. The van der Waals surface area contributed by atoms with E-state index in [1.165, 1.54) is 31.0 Å². The second kappa shape index (κ2) is 11.6. The Bertz CT molecular complexity index is 1130. The minimum atomic E-state index is -3.87. The largest absolute Gasteiger partial charge is 0.497 e. The van der Waals surface area contributed by atoms with Crippen LogP contribution in [0.4, 0.5) is 5.69 Å². The lowest BCUT2D eigenvalue weighted by atomic mass is 10.1.